The highest BCUT2D eigenvalue weighted by Crippen LogP contribution is 2.22. The SMILES string of the molecule is CC(C)Cn1ccc2cc(NC(=O)N3CCN(C(=O)C(C)(C)C)CC3)ccc21. The fraction of sp³-hybridized carbons (Fsp3) is 0.545. The number of amides is 3. The zero-order chi connectivity index (χ0) is 20.5. The standard InChI is InChI=1S/C22H32N4O2/c1-16(2)15-26-9-8-17-14-18(6-7-19(17)26)23-21(28)25-12-10-24(11-13-25)20(27)22(3,4)5/h6-9,14,16H,10-13,15H2,1-5H3,(H,23,28). The summed E-state index contributed by atoms with van der Waals surface area (Å²) in [5, 5.41) is 4.13. The quantitative estimate of drug-likeness (QED) is 0.869. The van der Waals surface area contributed by atoms with Gasteiger partial charge in [0.2, 0.25) is 5.91 Å². The van der Waals surface area contributed by atoms with Crippen molar-refractivity contribution >= 4 is 28.5 Å². The summed E-state index contributed by atoms with van der Waals surface area (Å²) in [5.41, 5.74) is 1.60. The average molecular weight is 385 g/mol. The van der Waals surface area contributed by atoms with Crippen LogP contribution in [0.25, 0.3) is 10.9 Å². The van der Waals surface area contributed by atoms with E-state index in [0.29, 0.717) is 32.1 Å². The summed E-state index contributed by atoms with van der Waals surface area (Å²) in [6.45, 7) is 13.5. The number of anilines is 1. The summed E-state index contributed by atoms with van der Waals surface area (Å²) in [6.07, 6.45) is 2.10. The van der Waals surface area contributed by atoms with E-state index >= 15 is 0 Å². The molecule has 1 aromatic heterocycles. The lowest BCUT2D eigenvalue weighted by molar-refractivity contribution is -0.140. The number of aromatic nitrogens is 1. The van der Waals surface area contributed by atoms with E-state index in [4.69, 9.17) is 0 Å². The van der Waals surface area contributed by atoms with Crippen molar-refractivity contribution in [2.24, 2.45) is 11.3 Å². The van der Waals surface area contributed by atoms with E-state index in [1.165, 1.54) is 5.52 Å². The van der Waals surface area contributed by atoms with Gasteiger partial charge in [-0.1, -0.05) is 34.6 Å². The second-order valence-electron chi connectivity index (χ2n) is 9.09. The average Bonchev–Trinajstić information content (AvgIpc) is 3.02. The van der Waals surface area contributed by atoms with Gasteiger partial charge in [0.05, 0.1) is 0 Å². The highest BCUT2D eigenvalue weighted by molar-refractivity contribution is 5.93. The van der Waals surface area contributed by atoms with E-state index in [0.717, 1.165) is 17.6 Å². The second kappa shape index (κ2) is 7.86. The minimum Gasteiger partial charge on any atom is -0.347 e. The maximum atomic E-state index is 12.6. The summed E-state index contributed by atoms with van der Waals surface area (Å²) in [4.78, 5) is 28.7. The molecule has 0 spiro atoms. The number of rotatable bonds is 3. The zero-order valence-electron chi connectivity index (χ0n) is 17.7. The Bertz CT molecular complexity index is 855. The van der Waals surface area contributed by atoms with E-state index in [2.05, 4.69) is 42.1 Å². The van der Waals surface area contributed by atoms with Crippen molar-refractivity contribution in [3.05, 3.63) is 30.5 Å². The van der Waals surface area contributed by atoms with Crippen molar-refractivity contribution in [1.29, 1.82) is 0 Å². The first-order valence-electron chi connectivity index (χ1n) is 10.1. The van der Waals surface area contributed by atoms with Gasteiger partial charge >= 0.3 is 6.03 Å². The number of hydrogen-bond donors (Lipinski definition) is 1. The van der Waals surface area contributed by atoms with Crippen molar-refractivity contribution in [1.82, 2.24) is 14.4 Å². The molecule has 3 amide bonds. The molecule has 0 aliphatic carbocycles. The van der Waals surface area contributed by atoms with Crippen LogP contribution in [0.15, 0.2) is 30.5 Å². The normalized spacial score (nSPS) is 15.4. The van der Waals surface area contributed by atoms with Gasteiger partial charge in [0.25, 0.3) is 0 Å². The highest BCUT2D eigenvalue weighted by Gasteiger charge is 2.30. The maximum absolute atomic E-state index is 12.6. The molecule has 28 heavy (non-hydrogen) atoms. The molecule has 0 saturated carbocycles. The Morgan fingerprint density at radius 1 is 1.04 bits per heavy atom. The first-order chi connectivity index (χ1) is 13.1. The Kier molecular flexibility index (Phi) is 5.68. The molecule has 0 radical (unpaired) electrons. The molecule has 6 nitrogen and oxygen atoms in total. The monoisotopic (exact) mass is 384 g/mol. The molecular weight excluding hydrogens is 352 g/mol. The third kappa shape index (κ3) is 4.49. The Hall–Kier alpha value is -2.50. The third-order valence-electron chi connectivity index (χ3n) is 5.08. The minimum absolute atomic E-state index is 0.108. The topological polar surface area (TPSA) is 57.6 Å². The largest absolute Gasteiger partial charge is 0.347 e. The summed E-state index contributed by atoms with van der Waals surface area (Å²) in [7, 11) is 0. The van der Waals surface area contributed by atoms with Crippen molar-refractivity contribution in [3.63, 3.8) is 0 Å². The summed E-state index contributed by atoms with van der Waals surface area (Å²) in [5.74, 6) is 0.725. The highest BCUT2D eigenvalue weighted by atomic mass is 16.2. The van der Waals surface area contributed by atoms with Gasteiger partial charge < -0.3 is 19.7 Å². The molecule has 1 N–H and O–H groups in total. The first kappa shape index (κ1) is 20.2. The molecule has 0 unspecified atom stereocenters. The molecule has 1 aliphatic heterocycles. The van der Waals surface area contributed by atoms with Crippen molar-refractivity contribution in [2.45, 2.75) is 41.2 Å². The van der Waals surface area contributed by atoms with Crippen LogP contribution in [0.3, 0.4) is 0 Å². The van der Waals surface area contributed by atoms with E-state index in [1.54, 1.807) is 4.90 Å². The Morgan fingerprint density at radius 2 is 1.68 bits per heavy atom. The lowest BCUT2D eigenvalue weighted by atomic mass is 9.94. The lowest BCUT2D eigenvalue weighted by Gasteiger charge is -2.37. The fourth-order valence-electron chi connectivity index (χ4n) is 3.62. The third-order valence-corrected chi connectivity index (χ3v) is 5.08. The smallest absolute Gasteiger partial charge is 0.321 e. The van der Waals surface area contributed by atoms with E-state index in [1.807, 2.05) is 37.8 Å². The molecule has 1 aromatic carbocycles. The van der Waals surface area contributed by atoms with Crippen molar-refractivity contribution in [2.75, 3.05) is 31.5 Å². The van der Waals surface area contributed by atoms with Gasteiger partial charge in [-0.05, 0) is 30.2 Å². The number of benzene rings is 1. The van der Waals surface area contributed by atoms with Crippen LogP contribution in [-0.4, -0.2) is 52.5 Å². The van der Waals surface area contributed by atoms with Crippen LogP contribution in [0.2, 0.25) is 0 Å². The molecule has 3 rings (SSSR count). The van der Waals surface area contributed by atoms with Gasteiger partial charge in [-0.25, -0.2) is 4.79 Å². The Balaban J connectivity index is 1.60. The predicted molar refractivity (Wildman–Crippen MR) is 113 cm³/mol. The maximum Gasteiger partial charge on any atom is 0.321 e. The van der Waals surface area contributed by atoms with Gasteiger partial charge in [0, 0.05) is 60.9 Å². The van der Waals surface area contributed by atoms with Crippen molar-refractivity contribution in [3.8, 4) is 0 Å². The molecule has 1 saturated heterocycles. The molecule has 0 bridgehead atoms. The van der Waals surface area contributed by atoms with Crippen LogP contribution >= 0.6 is 0 Å². The van der Waals surface area contributed by atoms with E-state index < -0.39 is 0 Å². The number of hydrogen-bond acceptors (Lipinski definition) is 2. The van der Waals surface area contributed by atoms with Crippen LogP contribution in [0.5, 0.6) is 0 Å². The molecule has 6 heteroatoms. The molecule has 152 valence electrons. The van der Waals surface area contributed by atoms with Gasteiger partial charge in [0.1, 0.15) is 0 Å². The van der Waals surface area contributed by atoms with Crippen molar-refractivity contribution < 1.29 is 9.59 Å². The molecule has 2 heterocycles. The molecule has 1 fully saturated rings. The van der Waals surface area contributed by atoms with E-state index in [-0.39, 0.29) is 17.4 Å². The number of nitrogens with one attached hydrogen (secondary N) is 1. The second-order valence-corrected chi connectivity index (χ2v) is 9.09. The molecule has 0 atom stereocenters. The molecule has 1 aliphatic rings. The van der Waals surface area contributed by atoms with Gasteiger partial charge in [0.15, 0.2) is 0 Å². The van der Waals surface area contributed by atoms with Crippen LogP contribution < -0.4 is 5.32 Å². The molecule has 2 aromatic rings. The number of nitrogens with zero attached hydrogens (tertiary/aromatic N) is 3. The Morgan fingerprint density at radius 3 is 2.29 bits per heavy atom. The first-order valence-corrected chi connectivity index (χ1v) is 10.1. The Labute approximate surface area is 167 Å². The number of urea groups is 1. The van der Waals surface area contributed by atoms with Gasteiger partial charge in [-0.15, -0.1) is 0 Å². The van der Waals surface area contributed by atoms with Crippen LogP contribution in [-0.2, 0) is 11.3 Å². The minimum atomic E-state index is -0.383. The predicted octanol–water partition coefficient (Wildman–Crippen LogP) is 4.02. The summed E-state index contributed by atoms with van der Waals surface area (Å²) >= 11 is 0. The fourth-order valence-corrected chi connectivity index (χ4v) is 3.62. The number of piperazine rings is 1. The summed E-state index contributed by atoms with van der Waals surface area (Å²) < 4.78 is 2.25. The number of carbonyl (C=O) groups is 2. The lowest BCUT2D eigenvalue weighted by Crippen LogP contribution is -2.53. The number of carbonyl (C=O) groups excluding carboxylic acids is 2. The number of fused-ring (bicyclic) bond motifs is 1. The van der Waals surface area contributed by atoms with Crippen LogP contribution in [0.1, 0.15) is 34.6 Å². The van der Waals surface area contributed by atoms with Crippen LogP contribution in [0.4, 0.5) is 10.5 Å². The summed E-state index contributed by atoms with van der Waals surface area (Å²) in [6, 6.07) is 8.01. The van der Waals surface area contributed by atoms with Gasteiger partial charge in [-0.2, -0.15) is 0 Å². The van der Waals surface area contributed by atoms with Gasteiger partial charge in [-0.3, -0.25) is 4.79 Å². The zero-order valence-corrected chi connectivity index (χ0v) is 17.7. The molecular formula is C22H32N4O2. The van der Waals surface area contributed by atoms with E-state index in [9.17, 15) is 9.59 Å². The van der Waals surface area contributed by atoms with Crippen LogP contribution in [0, 0.1) is 11.3 Å².